The van der Waals surface area contributed by atoms with E-state index in [1.54, 1.807) is 31.2 Å². The Balaban J connectivity index is 0.000000313. The number of benzene rings is 1. The molecular formula is C23H28FN3O2. The number of rotatable bonds is 5. The van der Waals surface area contributed by atoms with Crippen LogP contribution in [-0.4, -0.2) is 15.9 Å². The first-order valence-corrected chi connectivity index (χ1v) is 9.77. The molecule has 2 atom stereocenters. The van der Waals surface area contributed by atoms with Crippen LogP contribution < -0.4 is 11.2 Å². The van der Waals surface area contributed by atoms with Crippen molar-refractivity contribution in [1.29, 1.82) is 0 Å². The third-order valence-electron chi connectivity index (χ3n) is 5.06. The number of aromatic amines is 1. The fourth-order valence-corrected chi connectivity index (χ4v) is 3.12. The number of aromatic nitrogens is 2. The molecule has 154 valence electrons. The highest BCUT2D eigenvalue weighted by Crippen LogP contribution is 2.24. The number of nitrogens with zero attached hydrogens (tertiary/aromatic N) is 1. The molecule has 1 aromatic carbocycles. The smallest absolute Gasteiger partial charge is 0.268 e. The number of fused-ring (bicyclic) bond motifs is 1. The Morgan fingerprint density at radius 3 is 2.48 bits per heavy atom. The maximum Gasteiger partial charge on any atom is 0.268 e. The zero-order valence-corrected chi connectivity index (χ0v) is 17.3. The van der Waals surface area contributed by atoms with Crippen LogP contribution in [0.4, 0.5) is 4.39 Å². The molecular weight excluding hydrogens is 369 g/mol. The standard InChI is InChI=1S/C16H21N3O2.C7H7F/c1-4-9(2)7-10(3)12-8-13(20)14-11(19-12)5-6-18-15(14)16(17)21;1-6-4-2-3-5-7(6)8/h5-6,8-10H,4,7H2,1-3H3,(H2,17,21)(H,19,20);2-5H,1H3. The monoisotopic (exact) mass is 397 g/mol. The Hall–Kier alpha value is -3.02. The second-order valence-electron chi connectivity index (χ2n) is 7.43. The number of primary amides is 1. The largest absolute Gasteiger partial charge is 0.364 e. The number of hydrogen-bond donors (Lipinski definition) is 2. The number of hydrogen-bond acceptors (Lipinski definition) is 3. The molecule has 1 amide bonds. The predicted octanol–water partition coefficient (Wildman–Crippen LogP) is 4.70. The van der Waals surface area contributed by atoms with Crippen molar-refractivity contribution in [2.75, 3.05) is 0 Å². The van der Waals surface area contributed by atoms with Gasteiger partial charge in [-0.15, -0.1) is 0 Å². The molecule has 0 radical (unpaired) electrons. The van der Waals surface area contributed by atoms with Gasteiger partial charge in [0.15, 0.2) is 5.43 Å². The zero-order valence-electron chi connectivity index (χ0n) is 17.3. The van der Waals surface area contributed by atoms with Crippen LogP contribution in [0.2, 0.25) is 0 Å². The van der Waals surface area contributed by atoms with E-state index in [1.807, 2.05) is 6.07 Å². The fourth-order valence-electron chi connectivity index (χ4n) is 3.12. The molecule has 2 unspecified atom stereocenters. The van der Waals surface area contributed by atoms with Gasteiger partial charge in [0, 0.05) is 18.0 Å². The van der Waals surface area contributed by atoms with Gasteiger partial charge in [0.05, 0.1) is 10.9 Å². The SMILES string of the molecule is CCC(C)CC(C)c1cc(=O)c2c(C(N)=O)nccc2[nH]1.Cc1ccccc1F. The first-order valence-electron chi connectivity index (χ1n) is 9.77. The molecule has 0 spiro atoms. The van der Waals surface area contributed by atoms with E-state index in [0.717, 1.165) is 18.5 Å². The number of halogens is 1. The normalized spacial score (nSPS) is 12.7. The summed E-state index contributed by atoms with van der Waals surface area (Å²) in [5.41, 5.74) is 7.28. The molecule has 29 heavy (non-hydrogen) atoms. The van der Waals surface area contributed by atoms with E-state index in [9.17, 15) is 14.0 Å². The Morgan fingerprint density at radius 1 is 1.24 bits per heavy atom. The third kappa shape index (κ3) is 5.73. The van der Waals surface area contributed by atoms with Crippen LogP contribution in [0.3, 0.4) is 0 Å². The van der Waals surface area contributed by atoms with Gasteiger partial charge >= 0.3 is 0 Å². The topological polar surface area (TPSA) is 88.8 Å². The molecule has 6 heteroatoms. The Labute approximate surface area is 170 Å². The summed E-state index contributed by atoms with van der Waals surface area (Å²) in [6.07, 6.45) is 3.60. The minimum absolute atomic E-state index is 0.0230. The zero-order chi connectivity index (χ0) is 21.6. The van der Waals surface area contributed by atoms with E-state index in [-0.39, 0.29) is 28.2 Å². The number of nitrogens with one attached hydrogen (secondary N) is 1. The van der Waals surface area contributed by atoms with Crippen molar-refractivity contribution in [2.45, 2.75) is 46.5 Å². The van der Waals surface area contributed by atoms with Crippen LogP contribution in [0.1, 0.15) is 61.3 Å². The van der Waals surface area contributed by atoms with Gasteiger partial charge in [-0.1, -0.05) is 45.4 Å². The average Bonchev–Trinajstić information content (AvgIpc) is 2.69. The molecule has 3 aromatic rings. The molecule has 0 saturated heterocycles. The van der Waals surface area contributed by atoms with E-state index in [4.69, 9.17) is 5.73 Å². The maximum absolute atomic E-state index is 12.3. The van der Waals surface area contributed by atoms with Gasteiger partial charge < -0.3 is 10.7 Å². The molecule has 0 aliphatic carbocycles. The van der Waals surface area contributed by atoms with Crippen molar-refractivity contribution in [2.24, 2.45) is 11.7 Å². The Morgan fingerprint density at radius 2 is 1.93 bits per heavy atom. The van der Waals surface area contributed by atoms with Crippen LogP contribution in [0.15, 0.2) is 47.4 Å². The average molecular weight is 397 g/mol. The van der Waals surface area contributed by atoms with Crippen molar-refractivity contribution in [3.05, 3.63) is 75.6 Å². The number of pyridine rings is 2. The molecule has 3 N–H and O–H groups in total. The summed E-state index contributed by atoms with van der Waals surface area (Å²) in [5, 5.41) is 0.268. The molecule has 5 nitrogen and oxygen atoms in total. The van der Waals surface area contributed by atoms with Gasteiger partial charge in [0.2, 0.25) is 0 Å². The molecule has 2 heterocycles. The van der Waals surface area contributed by atoms with Crippen molar-refractivity contribution < 1.29 is 9.18 Å². The first-order chi connectivity index (χ1) is 13.7. The summed E-state index contributed by atoms with van der Waals surface area (Å²) in [6, 6.07) is 9.96. The summed E-state index contributed by atoms with van der Waals surface area (Å²) in [4.78, 5) is 30.8. The number of carbonyl (C=O) groups is 1. The van der Waals surface area contributed by atoms with Gasteiger partial charge in [-0.2, -0.15) is 0 Å². The van der Waals surface area contributed by atoms with Crippen molar-refractivity contribution in [3.8, 4) is 0 Å². The predicted molar refractivity (Wildman–Crippen MR) is 115 cm³/mol. The van der Waals surface area contributed by atoms with Gasteiger partial charge in [-0.05, 0) is 42.9 Å². The Kier molecular flexibility index (Phi) is 7.65. The second kappa shape index (κ2) is 9.96. The minimum Gasteiger partial charge on any atom is -0.364 e. The van der Waals surface area contributed by atoms with E-state index >= 15 is 0 Å². The van der Waals surface area contributed by atoms with Crippen LogP contribution in [-0.2, 0) is 0 Å². The molecule has 3 rings (SSSR count). The van der Waals surface area contributed by atoms with E-state index in [1.165, 1.54) is 12.3 Å². The number of H-pyrrole nitrogens is 1. The molecule has 0 fully saturated rings. The summed E-state index contributed by atoms with van der Waals surface area (Å²) >= 11 is 0. The summed E-state index contributed by atoms with van der Waals surface area (Å²) < 4.78 is 12.3. The number of nitrogens with two attached hydrogens (primary N) is 1. The molecule has 0 saturated carbocycles. The summed E-state index contributed by atoms with van der Waals surface area (Å²) in [5.74, 6) is 0.0269. The van der Waals surface area contributed by atoms with Gasteiger partial charge in [0.1, 0.15) is 11.5 Å². The van der Waals surface area contributed by atoms with Crippen molar-refractivity contribution >= 4 is 16.8 Å². The van der Waals surface area contributed by atoms with Crippen molar-refractivity contribution in [1.82, 2.24) is 9.97 Å². The molecule has 2 aromatic heterocycles. The van der Waals surface area contributed by atoms with Gasteiger partial charge in [0.25, 0.3) is 5.91 Å². The number of carbonyl (C=O) groups excluding carboxylic acids is 1. The lowest BCUT2D eigenvalue weighted by Crippen LogP contribution is -2.18. The van der Waals surface area contributed by atoms with E-state index in [2.05, 4.69) is 30.7 Å². The highest BCUT2D eigenvalue weighted by Gasteiger charge is 2.16. The summed E-state index contributed by atoms with van der Waals surface area (Å²) in [7, 11) is 0. The lowest BCUT2D eigenvalue weighted by atomic mass is 9.92. The van der Waals surface area contributed by atoms with E-state index in [0.29, 0.717) is 17.0 Å². The van der Waals surface area contributed by atoms with E-state index < -0.39 is 5.91 Å². The fraction of sp³-hybridized carbons (Fsp3) is 0.348. The molecule has 0 aliphatic rings. The second-order valence-corrected chi connectivity index (χ2v) is 7.43. The number of amides is 1. The highest BCUT2D eigenvalue weighted by atomic mass is 19.1. The lowest BCUT2D eigenvalue weighted by molar-refractivity contribution is 0.0997. The third-order valence-corrected chi connectivity index (χ3v) is 5.06. The molecule has 0 aliphatic heterocycles. The molecule has 0 bridgehead atoms. The van der Waals surface area contributed by atoms with Crippen LogP contribution in [0.5, 0.6) is 0 Å². The first kappa shape index (κ1) is 22.3. The lowest BCUT2D eigenvalue weighted by Gasteiger charge is -2.16. The highest BCUT2D eigenvalue weighted by molar-refractivity contribution is 6.03. The minimum atomic E-state index is -0.688. The summed E-state index contributed by atoms with van der Waals surface area (Å²) in [6.45, 7) is 8.20. The van der Waals surface area contributed by atoms with Gasteiger partial charge in [-0.3, -0.25) is 14.6 Å². The maximum atomic E-state index is 12.3. The Bertz CT molecular complexity index is 1020. The number of aryl methyl sites for hydroxylation is 1. The van der Waals surface area contributed by atoms with Crippen LogP contribution in [0, 0.1) is 18.7 Å². The van der Waals surface area contributed by atoms with Crippen molar-refractivity contribution in [3.63, 3.8) is 0 Å². The van der Waals surface area contributed by atoms with Crippen LogP contribution in [0.25, 0.3) is 10.9 Å². The van der Waals surface area contributed by atoms with Gasteiger partial charge in [-0.25, -0.2) is 4.39 Å². The quantitative estimate of drug-likeness (QED) is 0.654. The van der Waals surface area contributed by atoms with Crippen LogP contribution >= 0.6 is 0 Å².